The van der Waals surface area contributed by atoms with Gasteiger partial charge in [0.05, 0.1) is 12.1 Å². The molecule has 0 spiro atoms. The van der Waals surface area contributed by atoms with Crippen LogP contribution in [0.15, 0.2) is 48.5 Å². The molecule has 0 radical (unpaired) electrons. The summed E-state index contributed by atoms with van der Waals surface area (Å²) >= 11 is 0. The van der Waals surface area contributed by atoms with E-state index >= 15 is 0 Å². The van der Waals surface area contributed by atoms with Gasteiger partial charge < -0.3 is 14.8 Å². The summed E-state index contributed by atoms with van der Waals surface area (Å²) in [5, 5.41) is 3.22. The second kappa shape index (κ2) is 8.03. The van der Waals surface area contributed by atoms with Crippen LogP contribution in [0.5, 0.6) is 11.5 Å². The molecule has 4 nitrogen and oxygen atoms in total. The maximum atomic E-state index is 12.9. The van der Waals surface area contributed by atoms with Crippen molar-refractivity contribution in [3.63, 3.8) is 0 Å². The zero-order valence-corrected chi connectivity index (χ0v) is 16.6. The van der Waals surface area contributed by atoms with Crippen molar-refractivity contribution in [3.05, 3.63) is 59.7 Å². The van der Waals surface area contributed by atoms with Crippen LogP contribution >= 0.6 is 0 Å². The van der Waals surface area contributed by atoms with E-state index in [1.807, 2.05) is 62.4 Å². The molecule has 1 heterocycles. The van der Waals surface area contributed by atoms with Gasteiger partial charge in [0.25, 0.3) is 5.91 Å². The first-order chi connectivity index (χ1) is 13.0. The van der Waals surface area contributed by atoms with Gasteiger partial charge in [0.2, 0.25) is 0 Å². The fraction of sp³-hybridized carbons (Fsp3) is 0.435. The number of ether oxygens (including phenoxy) is 2. The third-order valence-corrected chi connectivity index (χ3v) is 5.28. The molecule has 0 saturated heterocycles. The summed E-state index contributed by atoms with van der Waals surface area (Å²) in [6.45, 7) is 8.25. The largest absolute Gasteiger partial charge is 0.491 e. The van der Waals surface area contributed by atoms with Crippen molar-refractivity contribution in [2.24, 2.45) is 0 Å². The molecule has 1 N–H and O–H groups in total. The van der Waals surface area contributed by atoms with Gasteiger partial charge in [0, 0.05) is 17.5 Å². The lowest BCUT2D eigenvalue weighted by atomic mass is 9.83. The first-order valence-electron chi connectivity index (χ1n) is 9.82. The molecule has 144 valence electrons. The Balaban J connectivity index is 1.80. The zero-order chi connectivity index (χ0) is 19.4. The number of rotatable bonds is 6. The Hall–Kier alpha value is -2.49. The number of amides is 1. The number of carbonyl (C=O) groups excluding carboxylic acids is 1. The average molecular weight is 367 g/mol. The molecule has 0 aliphatic carbocycles. The van der Waals surface area contributed by atoms with Crippen LogP contribution in [0.25, 0.3) is 0 Å². The summed E-state index contributed by atoms with van der Waals surface area (Å²) in [5.74, 6) is 1.57. The molecular weight excluding hydrogens is 338 g/mol. The predicted octanol–water partition coefficient (Wildman–Crippen LogP) is 5.29. The van der Waals surface area contributed by atoms with E-state index in [0.717, 1.165) is 36.3 Å². The summed E-state index contributed by atoms with van der Waals surface area (Å²) in [4.78, 5) is 12.9. The molecule has 4 heteroatoms. The minimum absolute atomic E-state index is 0.0612. The Morgan fingerprint density at radius 1 is 1.15 bits per heavy atom. The van der Waals surface area contributed by atoms with Crippen molar-refractivity contribution in [2.75, 3.05) is 0 Å². The Kier molecular flexibility index (Phi) is 5.73. The molecule has 1 atom stereocenters. The molecule has 0 bridgehead atoms. The fourth-order valence-corrected chi connectivity index (χ4v) is 3.63. The Morgan fingerprint density at radius 2 is 1.81 bits per heavy atom. The molecule has 3 rings (SSSR count). The van der Waals surface area contributed by atoms with Gasteiger partial charge in [-0.1, -0.05) is 32.0 Å². The van der Waals surface area contributed by atoms with Crippen LogP contribution < -0.4 is 14.8 Å². The molecule has 2 aromatic rings. The maximum Gasteiger partial charge on any atom is 0.251 e. The molecule has 1 aliphatic rings. The van der Waals surface area contributed by atoms with Gasteiger partial charge >= 0.3 is 0 Å². The Labute approximate surface area is 161 Å². The third kappa shape index (κ3) is 4.26. The Morgan fingerprint density at radius 3 is 2.44 bits per heavy atom. The highest BCUT2D eigenvalue weighted by Crippen LogP contribution is 2.42. The van der Waals surface area contributed by atoms with E-state index in [2.05, 4.69) is 19.2 Å². The fourth-order valence-electron chi connectivity index (χ4n) is 3.63. The van der Waals surface area contributed by atoms with Crippen LogP contribution in [0, 0.1) is 0 Å². The first kappa shape index (κ1) is 19.3. The summed E-state index contributed by atoms with van der Waals surface area (Å²) in [5.41, 5.74) is 1.44. The van der Waals surface area contributed by atoms with Crippen molar-refractivity contribution in [2.45, 2.75) is 64.7 Å². The highest BCUT2D eigenvalue weighted by Gasteiger charge is 2.38. The highest BCUT2D eigenvalue weighted by molar-refractivity contribution is 5.94. The van der Waals surface area contributed by atoms with Gasteiger partial charge in [-0.2, -0.15) is 0 Å². The number of carbonyl (C=O) groups is 1. The van der Waals surface area contributed by atoms with E-state index in [1.54, 1.807) is 0 Å². The van der Waals surface area contributed by atoms with Crippen molar-refractivity contribution < 1.29 is 14.3 Å². The van der Waals surface area contributed by atoms with Crippen molar-refractivity contribution in [1.29, 1.82) is 0 Å². The van der Waals surface area contributed by atoms with Gasteiger partial charge in [-0.15, -0.1) is 0 Å². The van der Waals surface area contributed by atoms with Crippen LogP contribution in [0.3, 0.4) is 0 Å². The molecule has 27 heavy (non-hydrogen) atoms. The lowest BCUT2D eigenvalue weighted by Gasteiger charge is -2.41. The monoisotopic (exact) mass is 367 g/mol. The SMILES string of the molecule is CCC1(CC)CC(NC(=O)c2ccc(OC(C)C)cc2)c2ccccc2O1. The summed E-state index contributed by atoms with van der Waals surface area (Å²) in [7, 11) is 0. The third-order valence-electron chi connectivity index (χ3n) is 5.28. The number of nitrogens with one attached hydrogen (secondary N) is 1. The second-order valence-electron chi connectivity index (χ2n) is 7.45. The topological polar surface area (TPSA) is 47.6 Å². The van der Waals surface area contributed by atoms with Crippen LogP contribution in [-0.4, -0.2) is 17.6 Å². The minimum atomic E-state index is -0.235. The summed E-state index contributed by atoms with van der Waals surface area (Å²) < 4.78 is 12.0. The molecule has 2 aromatic carbocycles. The normalized spacial score (nSPS) is 17.7. The molecule has 1 aliphatic heterocycles. The molecule has 1 amide bonds. The van der Waals surface area contributed by atoms with Crippen LogP contribution in [0.4, 0.5) is 0 Å². The number of fused-ring (bicyclic) bond motifs is 1. The van der Waals surface area contributed by atoms with E-state index in [4.69, 9.17) is 9.47 Å². The van der Waals surface area contributed by atoms with Gasteiger partial charge in [-0.05, 0) is 57.0 Å². The minimum Gasteiger partial charge on any atom is -0.491 e. The quantitative estimate of drug-likeness (QED) is 0.755. The average Bonchev–Trinajstić information content (AvgIpc) is 2.67. The molecule has 0 fully saturated rings. The van der Waals surface area contributed by atoms with Gasteiger partial charge in [-0.3, -0.25) is 4.79 Å². The number of benzene rings is 2. The summed E-state index contributed by atoms with van der Waals surface area (Å²) in [6.07, 6.45) is 2.70. The first-order valence-corrected chi connectivity index (χ1v) is 9.82. The van der Waals surface area contributed by atoms with Crippen LogP contribution in [0.2, 0.25) is 0 Å². The zero-order valence-electron chi connectivity index (χ0n) is 16.6. The number of hydrogen-bond acceptors (Lipinski definition) is 3. The number of para-hydroxylation sites is 1. The summed E-state index contributed by atoms with van der Waals surface area (Å²) in [6, 6.07) is 15.2. The van der Waals surface area contributed by atoms with E-state index in [9.17, 15) is 4.79 Å². The Bertz CT molecular complexity index is 778. The van der Waals surface area contributed by atoms with Crippen LogP contribution in [-0.2, 0) is 0 Å². The van der Waals surface area contributed by atoms with Crippen molar-refractivity contribution in [1.82, 2.24) is 5.32 Å². The predicted molar refractivity (Wildman–Crippen MR) is 107 cm³/mol. The van der Waals surface area contributed by atoms with E-state index in [0.29, 0.717) is 5.56 Å². The molecule has 1 unspecified atom stereocenters. The highest BCUT2D eigenvalue weighted by atomic mass is 16.5. The van der Waals surface area contributed by atoms with E-state index < -0.39 is 0 Å². The smallest absolute Gasteiger partial charge is 0.251 e. The molecule has 0 saturated carbocycles. The van der Waals surface area contributed by atoms with E-state index in [-0.39, 0.29) is 23.7 Å². The van der Waals surface area contributed by atoms with Crippen molar-refractivity contribution >= 4 is 5.91 Å². The molecule has 0 aromatic heterocycles. The van der Waals surface area contributed by atoms with Gasteiger partial charge in [0.15, 0.2) is 0 Å². The van der Waals surface area contributed by atoms with Crippen molar-refractivity contribution in [3.8, 4) is 11.5 Å². The second-order valence-corrected chi connectivity index (χ2v) is 7.45. The number of hydrogen-bond donors (Lipinski definition) is 1. The standard InChI is InChI=1S/C23H29NO3/c1-5-23(6-2)15-20(19-9-7-8-10-21(19)27-23)24-22(25)17-11-13-18(14-12-17)26-16(3)4/h7-14,16,20H,5-6,15H2,1-4H3,(H,24,25). The van der Waals surface area contributed by atoms with Gasteiger partial charge in [-0.25, -0.2) is 0 Å². The maximum absolute atomic E-state index is 12.9. The lowest BCUT2D eigenvalue weighted by Crippen LogP contribution is -2.44. The lowest BCUT2D eigenvalue weighted by molar-refractivity contribution is 0.0227. The van der Waals surface area contributed by atoms with E-state index in [1.165, 1.54) is 0 Å². The van der Waals surface area contributed by atoms with Gasteiger partial charge in [0.1, 0.15) is 17.1 Å². The van der Waals surface area contributed by atoms with Crippen LogP contribution in [0.1, 0.15) is 68.9 Å². The molecular formula is C23H29NO3.